The molecule has 0 spiro atoms. The van der Waals surface area contributed by atoms with E-state index in [1.165, 1.54) is 6.07 Å². The number of pyridine rings is 2. The third kappa shape index (κ3) is 4.26. The third-order valence-corrected chi connectivity index (χ3v) is 6.19. The number of aromatic nitrogens is 3. The van der Waals surface area contributed by atoms with Gasteiger partial charge in [0, 0.05) is 42.7 Å². The van der Waals surface area contributed by atoms with E-state index in [1.54, 1.807) is 35.4 Å². The average Bonchev–Trinajstić information content (AvgIpc) is 3.45. The molecular formula is C25H20F3N5S. The maximum absolute atomic E-state index is 13.4. The van der Waals surface area contributed by atoms with Crippen LogP contribution in [0.3, 0.4) is 0 Å². The first-order valence-corrected chi connectivity index (χ1v) is 11.0. The van der Waals surface area contributed by atoms with E-state index in [0.29, 0.717) is 17.3 Å². The summed E-state index contributed by atoms with van der Waals surface area (Å²) in [5.41, 5.74) is 2.35. The molecule has 172 valence electrons. The Morgan fingerprint density at radius 3 is 2.50 bits per heavy atom. The second-order valence-electron chi connectivity index (χ2n) is 7.96. The first-order valence-electron chi connectivity index (χ1n) is 10.6. The Bertz CT molecular complexity index is 1290. The highest BCUT2D eigenvalue weighted by molar-refractivity contribution is 7.80. The number of rotatable bonds is 5. The lowest BCUT2D eigenvalue weighted by Gasteiger charge is -2.29. The fraction of sp³-hybridized carbons (Fsp3) is 0.160. The highest BCUT2D eigenvalue weighted by Crippen LogP contribution is 2.40. The number of benzene rings is 1. The van der Waals surface area contributed by atoms with Gasteiger partial charge in [-0.2, -0.15) is 13.2 Å². The number of hydrogen-bond acceptors (Lipinski definition) is 3. The van der Waals surface area contributed by atoms with Crippen LogP contribution in [0.1, 0.15) is 34.6 Å². The summed E-state index contributed by atoms with van der Waals surface area (Å²) in [6.45, 7) is 0.510. The zero-order valence-electron chi connectivity index (χ0n) is 17.9. The molecule has 2 atom stereocenters. The molecular weight excluding hydrogens is 459 g/mol. The minimum atomic E-state index is -4.43. The number of thiocarbonyl (C=S) groups is 1. The molecule has 0 aliphatic carbocycles. The lowest BCUT2D eigenvalue weighted by molar-refractivity contribution is -0.137. The van der Waals surface area contributed by atoms with E-state index in [4.69, 9.17) is 12.2 Å². The van der Waals surface area contributed by atoms with Gasteiger partial charge >= 0.3 is 6.18 Å². The van der Waals surface area contributed by atoms with E-state index in [1.807, 2.05) is 47.4 Å². The maximum atomic E-state index is 13.4. The number of halogens is 3. The molecule has 0 saturated carbocycles. The molecule has 0 amide bonds. The number of alkyl halides is 3. The molecule has 1 N–H and O–H groups in total. The normalized spacial score (nSPS) is 18.2. The van der Waals surface area contributed by atoms with Gasteiger partial charge in [-0.1, -0.05) is 12.1 Å². The van der Waals surface area contributed by atoms with Crippen molar-refractivity contribution in [3.8, 4) is 5.69 Å². The summed E-state index contributed by atoms with van der Waals surface area (Å²) in [5.74, 6) is 0. The predicted octanol–water partition coefficient (Wildman–Crippen LogP) is 5.46. The first kappa shape index (κ1) is 22.1. The standard InChI is InChI=1S/C25H20F3N5S/c26-25(27,28)18-5-3-6-19(15-18)32-14-4-8-21(32)23-22(20-7-1-2-11-30-20)31-24(34)33(23)16-17-9-12-29-13-10-17/h1-15,22-23H,16H2,(H,31,34)/t22-,23+/m1/s1. The van der Waals surface area contributed by atoms with Crippen molar-refractivity contribution in [2.75, 3.05) is 0 Å². The Morgan fingerprint density at radius 2 is 1.76 bits per heavy atom. The van der Waals surface area contributed by atoms with Crippen LogP contribution >= 0.6 is 12.2 Å². The van der Waals surface area contributed by atoms with Crippen LogP contribution in [0.25, 0.3) is 5.69 Å². The van der Waals surface area contributed by atoms with E-state index in [0.717, 1.165) is 29.1 Å². The van der Waals surface area contributed by atoms with Crippen LogP contribution in [0.5, 0.6) is 0 Å². The van der Waals surface area contributed by atoms with E-state index in [9.17, 15) is 13.2 Å². The Kier molecular flexibility index (Phi) is 5.79. The minimum absolute atomic E-state index is 0.282. The number of hydrogen-bond donors (Lipinski definition) is 1. The molecule has 4 heterocycles. The Hall–Kier alpha value is -3.72. The number of nitrogens with one attached hydrogen (secondary N) is 1. The van der Waals surface area contributed by atoms with Crippen LogP contribution in [0, 0.1) is 0 Å². The fourth-order valence-electron chi connectivity index (χ4n) is 4.28. The highest BCUT2D eigenvalue weighted by atomic mass is 32.1. The molecule has 5 nitrogen and oxygen atoms in total. The van der Waals surface area contributed by atoms with Gasteiger partial charge in [0.05, 0.1) is 23.3 Å². The van der Waals surface area contributed by atoms with Crippen molar-refractivity contribution in [3.05, 3.63) is 114 Å². The molecule has 1 fully saturated rings. The Labute approximate surface area is 199 Å². The highest BCUT2D eigenvalue weighted by Gasteiger charge is 2.41. The van der Waals surface area contributed by atoms with Gasteiger partial charge in [-0.15, -0.1) is 0 Å². The van der Waals surface area contributed by atoms with Gasteiger partial charge < -0.3 is 14.8 Å². The Balaban J connectivity index is 1.60. The molecule has 5 rings (SSSR count). The lowest BCUT2D eigenvalue weighted by atomic mass is 10.0. The van der Waals surface area contributed by atoms with Crippen molar-refractivity contribution in [2.24, 2.45) is 0 Å². The Morgan fingerprint density at radius 1 is 0.941 bits per heavy atom. The first-order chi connectivity index (χ1) is 16.4. The maximum Gasteiger partial charge on any atom is 0.416 e. The summed E-state index contributed by atoms with van der Waals surface area (Å²) in [4.78, 5) is 10.7. The zero-order chi connectivity index (χ0) is 23.7. The lowest BCUT2D eigenvalue weighted by Crippen LogP contribution is -2.30. The summed E-state index contributed by atoms with van der Waals surface area (Å²) in [5, 5.41) is 3.93. The predicted molar refractivity (Wildman–Crippen MR) is 126 cm³/mol. The van der Waals surface area contributed by atoms with Crippen LogP contribution in [-0.2, 0) is 12.7 Å². The van der Waals surface area contributed by atoms with Crippen LogP contribution < -0.4 is 5.32 Å². The van der Waals surface area contributed by atoms with Crippen molar-refractivity contribution in [2.45, 2.75) is 24.8 Å². The molecule has 9 heteroatoms. The molecule has 0 radical (unpaired) electrons. The molecule has 1 saturated heterocycles. The SMILES string of the molecule is FC(F)(F)c1cccc(-n2cccc2[C@H]2[C@@H](c3ccccn3)NC(=S)N2Cc2ccncc2)c1. The molecule has 0 unspecified atom stereocenters. The largest absolute Gasteiger partial charge is 0.416 e. The third-order valence-electron chi connectivity index (χ3n) is 5.84. The fourth-order valence-corrected chi connectivity index (χ4v) is 4.59. The molecule has 3 aromatic heterocycles. The van der Waals surface area contributed by atoms with Crippen molar-refractivity contribution < 1.29 is 13.2 Å². The van der Waals surface area contributed by atoms with Gasteiger partial charge in [0.25, 0.3) is 0 Å². The minimum Gasteiger partial charge on any atom is -0.352 e. The van der Waals surface area contributed by atoms with Crippen LogP contribution in [0.4, 0.5) is 13.2 Å². The van der Waals surface area contributed by atoms with E-state index in [2.05, 4.69) is 15.3 Å². The van der Waals surface area contributed by atoms with E-state index >= 15 is 0 Å². The van der Waals surface area contributed by atoms with Gasteiger partial charge in [-0.25, -0.2) is 0 Å². The van der Waals surface area contributed by atoms with Crippen molar-refractivity contribution >= 4 is 17.3 Å². The van der Waals surface area contributed by atoms with E-state index in [-0.39, 0.29) is 12.1 Å². The van der Waals surface area contributed by atoms with Crippen LogP contribution in [0.15, 0.2) is 91.5 Å². The van der Waals surface area contributed by atoms with Gasteiger partial charge in [0.2, 0.25) is 0 Å². The number of nitrogens with zero attached hydrogens (tertiary/aromatic N) is 4. The van der Waals surface area contributed by atoms with Gasteiger partial charge in [0.1, 0.15) is 0 Å². The molecule has 34 heavy (non-hydrogen) atoms. The smallest absolute Gasteiger partial charge is 0.352 e. The van der Waals surface area contributed by atoms with Crippen LogP contribution in [-0.4, -0.2) is 24.5 Å². The van der Waals surface area contributed by atoms with Gasteiger partial charge in [0.15, 0.2) is 5.11 Å². The van der Waals surface area contributed by atoms with Crippen molar-refractivity contribution in [3.63, 3.8) is 0 Å². The molecule has 1 aliphatic rings. The van der Waals surface area contributed by atoms with Crippen molar-refractivity contribution in [1.29, 1.82) is 0 Å². The molecule has 1 aliphatic heterocycles. The van der Waals surface area contributed by atoms with Gasteiger partial charge in [-0.05, 0) is 72.4 Å². The summed E-state index contributed by atoms with van der Waals surface area (Å²) in [6, 6.07) is 18.0. The quantitative estimate of drug-likeness (QED) is 0.385. The summed E-state index contributed by atoms with van der Waals surface area (Å²) < 4.78 is 42.0. The van der Waals surface area contributed by atoms with E-state index < -0.39 is 11.7 Å². The topological polar surface area (TPSA) is 46.0 Å². The van der Waals surface area contributed by atoms with Gasteiger partial charge in [-0.3, -0.25) is 9.97 Å². The monoisotopic (exact) mass is 479 g/mol. The van der Waals surface area contributed by atoms with Crippen LogP contribution in [0.2, 0.25) is 0 Å². The molecule has 4 aromatic rings. The second kappa shape index (κ2) is 8.90. The van der Waals surface area contributed by atoms with Crippen molar-refractivity contribution in [1.82, 2.24) is 24.8 Å². The second-order valence-corrected chi connectivity index (χ2v) is 8.35. The summed E-state index contributed by atoms with van der Waals surface area (Å²) in [6.07, 6.45) is 2.50. The zero-order valence-corrected chi connectivity index (χ0v) is 18.7. The summed E-state index contributed by atoms with van der Waals surface area (Å²) >= 11 is 5.71. The summed E-state index contributed by atoms with van der Waals surface area (Å²) in [7, 11) is 0. The average molecular weight is 480 g/mol. The molecule has 0 bridgehead atoms. The molecule has 1 aromatic carbocycles.